The zero-order chi connectivity index (χ0) is 10.8. The molecule has 78 valence electrons. The van der Waals surface area contributed by atoms with Crippen LogP contribution in [0, 0.1) is 0 Å². The van der Waals surface area contributed by atoms with Crippen LogP contribution in [0.3, 0.4) is 0 Å². The number of carbonyl (C=O) groups is 1. The van der Waals surface area contributed by atoms with E-state index in [1.807, 2.05) is 29.6 Å². The molecule has 1 aromatic carbocycles. The normalized spacial score (nSPS) is 12.9. The van der Waals surface area contributed by atoms with E-state index in [2.05, 4.69) is 0 Å². The Bertz CT molecular complexity index is 492. The van der Waals surface area contributed by atoms with Gasteiger partial charge in [0.15, 0.2) is 0 Å². The molecule has 0 bridgehead atoms. The van der Waals surface area contributed by atoms with Crippen molar-refractivity contribution in [3.05, 3.63) is 35.2 Å². The lowest BCUT2D eigenvalue weighted by Gasteiger charge is -2.07. The van der Waals surface area contributed by atoms with E-state index in [0.29, 0.717) is 0 Å². The monoisotopic (exact) mass is 221 g/mol. The molecule has 1 heterocycles. The van der Waals surface area contributed by atoms with Crippen molar-refractivity contribution in [1.29, 1.82) is 0 Å². The number of hydrogen-bond acceptors (Lipinski definition) is 3. The van der Waals surface area contributed by atoms with E-state index in [1.165, 1.54) is 0 Å². The van der Waals surface area contributed by atoms with Gasteiger partial charge in [-0.2, -0.15) is 0 Å². The van der Waals surface area contributed by atoms with Crippen LogP contribution in [-0.2, 0) is 4.79 Å². The molecule has 15 heavy (non-hydrogen) atoms. The molecule has 0 aliphatic rings. The van der Waals surface area contributed by atoms with Crippen molar-refractivity contribution in [1.82, 2.24) is 0 Å². The Morgan fingerprint density at radius 3 is 2.93 bits per heavy atom. The predicted molar refractivity (Wildman–Crippen MR) is 61.0 cm³/mol. The van der Waals surface area contributed by atoms with Gasteiger partial charge in [-0.05, 0) is 22.4 Å². The lowest BCUT2D eigenvalue weighted by Crippen LogP contribution is -2.14. The number of benzene rings is 1. The summed E-state index contributed by atoms with van der Waals surface area (Å²) in [5.41, 5.74) is 6.76. The summed E-state index contributed by atoms with van der Waals surface area (Å²) in [6.45, 7) is 0. The zero-order valence-electron chi connectivity index (χ0n) is 8.01. The fourth-order valence-electron chi connectivity index (χ4n) is 1.58. The first-order valence-electron chi connectivity index (χ1n) is 4.62. The van der Waals surface area contributed by atoms with E-state index in [0.717, 1.165) is 15.6 Å². The molecule has 0 spiro atoms. The van der Waals surface area contributed by atoms with E-state index in [1.54, 1.807) is 11.3 Å². The lowest BCUT2D eigenvalue weighted by atomic mass is 10.0. The van der Waals surface area contributed by atoms with Gasteiger partial charge in [0.25, 0.3) is 0 Å². The van der Waals surface area contributed by atoms with Crippen molar-refractivity contribution in [2.24, 2.45) is 5.73 Å². The van der Waals surface area contributed by atoms with Crippen LogP contribution in [0.4, 0.5) is 0 Å². The predicted octanol–water partition coefficient (Wildman–Crippen LogP) is 2.38. The molecule has 0 unspecified atom stereocenters. The molecule has 0 amide bonds. The largest absolute Gasteiger partial charge is 0.481 e. The van der Waals surface area contributed by atoms with Crippen molar-refractivity contribution in [3.63, 3.8) is 0 Å². The van der Waals surface area contributed by atoms with Gasteiger partial charge in [0.2, 0.25) is 0 Å². The summed E-state index contributed by atoms with van der Waals surface area (Å²) in [6.07, 6.45) is -0.0271. The molecular weight excluding hydrogens is 210 g/mol. The second-order valence-electron chi connectivity index (χ2n) is 3.39. The van der Waals surface area contributed by atoms with E-state index < -0.39 is 12.0 Å². The highest BCUT2D eigenvalue weighted by Gasteiger charge is 2.14. The molecule has 2 rings (SSSR count). The van der Waals surface area contributed by atoms with Gasteiger partial charge in [-0.1, -0.05) is 18.2 Å². The molecule has 0 saturated heterocycles. The fraction of sp³-hybridized carbons (Fsp3) is 0.182. The number of aliphatic carboxylic acids is 1. The third-order valence-electron chi connectivity index (χ3n) is 2.30. The number of carboxylic acid groups (broad SMARTS) is 1. The summed E-state index contributed by atoms with van der Waals surface area (Å²) in [7, 11) is 0. The molecule has 0 fully saturated rings. The van der Waals surface area contributed by atoms with Gasteiger partial charge in [-0.25, -0.2) is 0 Å². The third kappa shape index (κ3) is 2.00. The van der Waals surface area contributed by atoms with Crippen LogP contribution in [0.25, 0.3) is 10.1 Å². The van der Waals surface area contributed by atoms with Crippen LogP contribution in [0.2, 0.25) is 0 Å². The lowest BCUT2D eigenvalue weighted by molar-refractivity contribution is -0.137. The molecule has 3 nitrogen and oxygen atoms in total. The number of hydrogen-bond donors (Lipinski definition) is 2. The Kier molecular flexibility index (Phi) is 2.70. The topological polar surface area (TPSA) is 63.3 Å². The number of rotatable bonds is 3. The SMILES string of the molecule is N[C@H](CC(=O)O)c1csc2ccccc12. The van der Waals surface area contributed by atoms with E-state index in [4.69, 9.17) is 10.8 Å². The smallest absolute Gasteiger partial charge is 0.305 e. The van der Waals surface area contributed by atoms with Gasteiger partial charge in [0.05, 0.1) is 6.42 Å². The van der Waals surface area contributed by atoms with Gasteiger partial charge in [-0.3, -0.25) is 4.79 Å². The van der Waals surface area contributed by atoms with Gasteiger partial charge < -0.3 is 10.8 Å². The molecule has 1 aromatic heterocycles. The second kappa shape index (κ2) is 4.00. The van der Waals surface area contributed by atoms with E-state index in [-0.39, 0.29) is 6.42 Å². The third-order valence-corrected chi connectivity index (χ3v) is 3.29. The molecule has 0 aliphatic heterocycles. The summed E-state index contributed by atoms with van der Waals surface area (Å²) in [6, 6.07) is 7.47. The van der Waals surface area contributed by atoms with Gasteiger partial charge in [-0.15, -0.1) is 11.3 Å². The Labute approximate surface area is 91.1 Å². The Balaban J connectivity index is 2.39. The van der Waals surface area contributed by atoms with Crippen LogP contribution in [0.1, 0.15) is 18.0 Å². The zero-order valence-corrected chi connectivity index (χ0v) is 8.83. The van der Waals surface area contributed by atoms with Crippen molar-refractivity contribution >= 4 is 27.4 Å². The van der Waals surface area contributed by atoms with Gasteiger partial charge in [0.1, 0.15) is 0 Å². The second-order valence-corrected chi connectivity index (χ2v) is 4.30. The first-order chi connectivity index (χ1) is 7.18. The number of carboxylic acids is 1. The Morgan fingerprint density at radius 2 is 2.20 bits per heavy atom. The van der Waals surface area contributed by atoms with Crippen molar-refractivity contribution in [2.45, 2.75) is 12.5 Å². The first-order valence-corrected chi connectivity index (χ1v) is 5.50. The maximum atomic E-state index is 10.6. The Morgan fingerprint density at radius 1 is 1.47 bits per heavy atom. The fourth-order valence-corrected chi connectivity index (χ4v) is 2.61. The summed E-state index contributed by atoms with van der Waals surface area (Å²) >= 11 is 1.60. The number of fused-ring (bicyclic) bond motifs is 1. The average molecular weight is 221 g/mol. The van der Waals surface area contributed by atoms with Crippen LogP contribution >= 0.6 is 11.3 Å². The quantitative estimate of drug-likeness (QED) is 0.836. The Hall–Kier alpha value is -1.39. The molecule has 1 atom stereocenters. The molecule has 0 saturated carbocycles. The maximum Gasteiger partial charge on any atom is 0.305 e. The first kappa shape index (κ1) is 10.1. The van der Waals surface area contributed by atoms with E-state index in [9.17, 15) is 4.79 Å². The minimum atomic E-state index is -0.863. The molecule has 0 radical (unpaired) electrons. The highest BCUT2D eigenvalue weighted by atomic mass is 32.1. The molecule has 2 aromatic rings. The van der Waals surface area contributed by atoms with Gasteiger partial charge in [0, 0.05) is 10.7 Å². The molecule has 4 heteroatoms. The minimum absolute atomic E-state index is 0.0271. The molecule has 3 N–H and O–H groups in total. The number of thiophene rings is 1. The minimum Gasteiger partial charge on any atom is -0.481 e. The summed E-state index contributed by atoms with van der Waals surface area (Å²) in [4.78, 5) is 10.6. The summed E-state index contributed by atoms with van der Waals surface area (Å²) < 4.78 is 1.15. The van der Waals surface area contributed by atoms with Crippen LogP contribution in [-0.4, -0.2) is 11.1 Å². The summed E-state index contributed by atoms with van der Waals surface area (Å²) in [5.74, 6) is -0.863. The number of nitrogens with two attached hydrogens (primary N) is 1. The maximum absolute atomic E-state index is 10.6. The van der Waals surface area contributed by atoms with Crippen LogP contribution in [0.5, 0.6) is 0 Å². The van der Waals surface area contributed by atoms with Crippen LogP contribution in [0.15, 0.2) is 29.6 Å². The van der Waals surface area contributed by atoms with Crippen molar-refractivity contribution in [2.75, 3.05) is 0 Å². The van der Waals surface area contributed by atoms with Crippen molar-refractivity contribution < 1.29 is 9.90 Å². The average Bonchev–Trinajstić information content (AvgIpc) is 2.59. The molecular formula is C11H11NO2S. The highest BCUT2D eigenvalue weighted by molar-refractivity contribution is 7.17. The summed E-state index contributed by atoms with van der Waals surface area (Å²) in [5, 5.41) is 11.7. The standard InChI is InChI=1S/C11H11NO2S/c12-9(5-11(13)14)8-6-15-10-4-2-1-3-7(8)10/h1-4,6,9H,5,12H2,(H,13,14)/t9-/m1/s1. The van der Waals surface area contributed by atoms with E-state index >= 15 is 0 Å². The highest BCUT2D eigenvalue weighted by Crippen LogP contribution is 2.30. The van der Waals surface area contributed by atoms with Crippen molar-refractivity contribution in [3.8, 4) is 0 Å². The van der Waals surface area contributed by atoms with Gasteiger partial charge >= 0.3 is 5.97 Å². The molecule has 0 aliphatic carbocycles. The van der Waals surface area contributed by atoms with Crippen LogP contribution < -0.4 is 5.73 Å².